The van der Waals surface area contributed by atoms with Crippen molar-refractivity contribution in [3.8, 4) is 0 Å². The number of carboxylic acid groups (broad SMARTS) is 1. The lowest BCUT2D eigenvalue weighted by Gasteiger charge is -2.35. The number of halogens is 1. The monoisotopic (exact) mass is 265 g/mol. The lowest BCUT2D eigenvalue weighted by molar-refractivity contribution is -0.145. The molecule has 2 unspecified atom stereocenters. The summed E-state index contributed by atoms with van der Waals surface area (Å²) in [6, 6.07) is 6.48. The standard InChI is InChI=1S/C15H20FNO2/c1-17(10-11-6-8-12(16)9-7-11)14-5-3-2-4-13(14)15(18)19/h6-9,13-14H,2-5,10H2,1H3,(H,18,19). The molecule has 0 aliphatic heterocycles. The maximum Gasteiger partial charge on any atom is 0.308 e. The maximum absolute atomic E-state index is 12.9. The number of nitrogens with zero attached hydrogens (tertiary/aromatic N) is 1. The van der Waals surface area contributed by atoms with Crippen LogP contribution in [0.25, 0.3) is 0 Å². The molecule has 1 aromatic carbocycles. The van der Waals surface area contributed by atoms with Crippen LogP contribution < -0.4 is 0 Å². The Bertz CT molecular complexity index is 432. The van der Waals surface area contributed by atoms with Crippen molar-refractivity contribution in [2.75, 3.05) is 7.05 Å². The Balaban J connectivity index is 2.03. The Morgan fingerprint density at radius 2 is 1.95 bits per heavy atom. The first-order chi connectivity index (χ1) is 9.08. The van der Waals surface area contributed by atoms with Crippen molar-refractivity contribution < 1.29 is 14.3 Å². The Morgan fingerprint density at radius 1 is 1.32 bits per heavy atom. The van der Waals surface area contributed by atoms with Gasteiger partial charge in [0, 0.05) is 12.6 Å². The highest BCUT2D eigenvalue weighted by Gasteiger charge is 2.33. The predicted molar refractivity (Wildman–Crippen MR) is 71.2 cm³/mol. The number of carboxylic acids is 1. The number of carbonyl (C=O) groups is 1. The fourth-order valence-electron chi connectivity index (χ4n) is 2.92. The molecule has 0 radical (unpaired) electrons. The van der Waals surface area contributed by atoms with Gasteiger partial charge in [0.1, 0.15) is 5.82 Å². The largest absolute Gasteiger partial charge is 0.481 e. The Kier molecular flexibility index (Phi) is 4.53. The zero-order valence-electron chi connectivity index (χ0n) is 11.2. The lowest BCUT2D eigenvalue weighted by atomic mass is 9.83. The van der Waals surface area contributed by atoms with Crippen molar-refractivity contribution in [3.05, 3.63) is 35.6 Å². The van der Waals surface area contributed by atoms with Crippen LogP contribution in [-0.2, 0) is 11.3 Å². The van der Waals surface area contributed by atoms with Crippen LogP contribution in [0, 0.1) is 11.7 Å². The van der Waals surface area contributed by atoms with E-state index >= 15 is 0 Å². The first kappa shape index (κ1) is 14.0. The molecule has 0 bridgehead atoms. The van der Waals surface area contributed by atoms with Crippen molar-refractivity contribution in [1.29, 1.82) is 0 Å². The highest BCUT2D eigenvalue weighted by atomic mass is 19.1. The molecule has 19 heavy (non-hydrogen) atoms. The van der Waals surface area contributed by atoms with Crippen molar-refractivity contribution in [2.24, 2.45) is 5.92 Å². The van der Waals surface area contributed by atoms with Gasteiger partial charge in [-0.15, -0.1) is 0 Å². The van der Waals surface area contributed by atoms with Crippen LogP contribution in [0.4, 0.5) is 4.39 Å². The minimum atomic E-state index is -0.698. The molecule has 1 aromatic rings. The Labute approximate surface area is 113 Å². The highest BCUT2D eigenvalue weighted by molar-refractivity contribution is 5.71. The normalized spacial score (nSPS) is 23.5. The van der Waals surface area contributed by atoms with Gasteiger partial charge >= 0.3 is 5.97 Å². The van der Waals surface area contributed by atoms with Gasteiger partial charge in [0.2, 0.25) is 0 Å². The second kappa shape index (κ2) is 6.15. The van der Waals surface area contributed by atoms with Crippen molar-refractivity contribution in [3.63, 3.8) is 0 Å². The van der Waals surface area contributed by atoms with E-state index in [1.807, 2.05) is 7.05 Å². The molecule has 0 amide bonds. The average molecular weight is 265 g/mol. The van der Waals surface area contributed by atoms with Crippen LogP contribution in [0.2, 0.25) is 0 Å². The van der Waals surface area contributed by atoms with Gasteiger partial charge in [0.25, 0.3) is 0 Å². The fraction of sp³-hybridized carbons (Fsp3) is 0.533. The molecule has 1 saturated carbocycles. The Morgan fingerprint density at radius 3 is 2.58 bits per heavy atom. The molecular formula is C15H20FNO2. The van der Waals surface area contributed by atoms with E-state index in [1.165, 1.54) is 12.1 Å². The lowest BCUT2D eigenvalue weighted by Crippen LogP contribution is -2.43. The summed E-state index contributed by atoms with van der Waals surface area (Å²) in [5.74, 6) is -1.22. The molecule has 2 rings (SSSR count). The summed E-state index contributed by atoms with van der Waals surface area (Å²) in [6.45, 7) is 0.661. The average Bonchev–Trinajstić information content (AvgIpc) is 2.41. The van der Waals surface area contributed by atoms with E-state index in [-0.39, 0.29) is 17.8 Å². The minimum Gasteiger partial charge on any atom is -0.481 e. The van der Waals surface area contributed by atoms with Gasteiger partial charge in [-0.05, 0) is 37.6 Å². The molecule has 1 aliphatic carbocycles. The quantitative estimate of drug-likeness (QED) is 0.910. The SMILES string of the molecule is CN(Cc1ccc(F)cc1)C1CCCCC1C(=O)O. The van der Waals surface area contributed by atoms with Crippen LogP contribution in [0.3, 0.4) is 0 Å². The van der Waals surface area contributed by atoms with Gasteiger partial charge in [-0.2, -0.15) is 0 Å². The van der Waals surface area contributed by atoms with Crippen molar-refractivity contribution in [1.82, 2.24) is 4.90 Å². The van der Waals surface area contributed by atoms with E-state index in [4.69, 9.17) is 0 Å². The van der Waals surface area contributed by atoms with Crippen LogP contribution in [0.1, 0.15) is 31.2 Å². The molecule has 3 nitrogen and oxygen atoms in total. The third-order valence-electron chi connectivity index (χ3n) is 3.96. The predicted octanol–water partition coefficient (Wildman–Crippen LogP) is 2.90. The molecular weight excluding hydrogens is 245 g/mol. The van der Waals surface area contributed by atoms with Crippen LogP contribution in [-0.4, -0.2) is 29.1 Å². The Hall–Kier alpha value is -1.42. The zero-order chi connectivity index (χ0) is 13.8. The second-order valence-electron chi connectivity index (χ2n) is 5.34. The molecule has 104 valence electrons. The van der Waals surface area contributed by atoms with Gasteiger partial charge in [-0.3, -0.25) is 9.69 Å². The third-order valence-corrected chi connectivity index (χ3v) is 3.96. The summed E-state index contributed by atoms with van der Waals surface area (Å²) in [7, 11) is 1.95. The molecule has 1 fully saturated rings. The summed E-state index contributed by atoms with van der Waals surface area (Å²) in [4.78, 5) is 13.4. The van der Waals surface area contributed by atoms with Crippen molar-refractivity contribution >= 4 is 5.97 Å². The summed E-state index contributed by atoms with van der Waals surface area (Å²) in [6.07, 6.45) is 3.77. The molecule has 1 aliphatic rings. The fourth-order valence-corrected chi connectivity index (χ4v) is 2.92. The molecule has 0 aromatic heterocycles. The highest BCUT2D eigenvalue weighted by Crippen LogP contribution is 2.29. The molecule has 0 heterocycles. The van der Waals surface area contributed by atoms with E-state index in [2.05, 4.69) is 4.90 Å². The van der Waals surface area contributed by atoms with E-state index < -0.39 is 5.97 Å². The number of benzene rings is 1. The molecule has 0 spiro atoms. The molecule has 1 N–H and O–H groups in total. The smallest absolute Gasteiger partial charge is 0.308 e. The van der Waals surface area contributed by atoms with Crippen molar-refractivity contribution in [2.45, 2.75) is 38.3 Å². The summed E-state index contributed by atoms with van der Waals surface area (Å²) >= 11 is 0. The van der Waals surface area contributed by atoms with Gasteiger partial charge < -0.3 is 5.11 Å². The first-order valence-corrected chi connectivity index (χ1v) is 6.75. The third kappa shape index (κ3) is 3.53. The van der Waals surface area contributed by atoms with Crippen LogP contribution in [0.15, 0.2) is 24.3 Å². The molecule has 0 saturated heterocycles. The van der Waals surface area contributed by atoms with Gasteiger partial charge in [-0.25, -0.2) is 4.39 Å². The van der Waals surface area contributed by atoms with Gasteiger partial charge in [-0.1, -0.05) is 25.0 Å². The number of hydrogen-bond donors (Lipinski definition) is 1. The molecule has 2 atom stereocenters. The number of rotatable bonds is 4. The zero-order valence-corrected chi connectivity index (χ0v) is 11.2. The van der Waals surface area contributed by atoms with Gasteiger partial charge in [0.15, 0.2) is 0 Å². The van der Waals surface area contributed by atoms with E-state index in [0.717, 1.165) is 31.2 Å². The summed E-state index contributed by atoms with van der Waals surface area (Å²) in [5.41, 5.74) is 1.01. The van der Waals surface area contributed by atoms with Gasteiger partial charge in [0.05, 0.1) is 5.92 Å². The maximum atomic E-state index is 12.9. The van der Waals surface area contributed by atoms with E-state index in [9.17, 15) is 14.3 Å². The summed E-state index contributed by atoms with van der Waals surface area (Å²) in [5, 5.41) is 9.28. The van der Waals surface area contributed by atoms with E-state index in [0.29, 0.717) is 6.54 Å². The van der Waals surface area contributed by atoms with Crippen LogP contribution >= 0.6 is 0 Å². The summed E-state index contributed by atoms with van der Waals surface area (Å²) < 4.78 is 12.9. The number of hydrogen-bond acceptors (Lipinski definition) is 2. The van der Waals surface area contributed by atoms with E-state index in [1.54, 1.807) is 12.1 Å². The minimum absolute atomic E-state index is 0.0799. The second-order valence-corrected chi connectivity index (χ2v) is 5.34. The first-order valence-electron chi connectivity index (χ1n) is 6.75. The topological polar surface area (TPSA) is 40.5 Å². The number of aliphatic carboxylic acids is 1. The molecule has 4 heteroatoms. The van der Waals surface area contributed by atoms with Crippen LogP contribution in [0.5, 0.6) is 0 Å².